The lowest BCUT2D eigenvalue weighted by Crippen LogP contribution is -2.58. The number of nitrogens with one attached hydrogen (secondary N) is 1. The van der Waals surface area contributed by atoms with Crippen LogP contribution in [0.15, 0.2) is 60.0 Å². The number of hydrogen-bond donors (Lipinski definition) is 2. The van der Waals surface area contributed by atoms with Gasteiger partial charge < -0.3 is 20.7 Å². The highest BCUT2D eigenvalue weighted by atomic mass is 32.1. The number of carbonyl (C=O) groups is 3. The number of hydrogen-bond acceptors (Lipinski definition) is 6. The predicted molar refractivity (Wildman–Crippen MR) is 137 cm³/mol. The third kappa shape index (κ3) is 6.99. The third-order valence-corrected chi connectivity index (χ3v) is 7.07. The predicted octanol–water partition coefficient (Wildman–Crippen LogP) is 2.99. The quantitative estimate of drug-likeness (QED) is 0.447. The van der Waals surface area contributed by atoms with Crippen LogP contribution in [0.25, 0.3) is 0 Å². The van der Waals surface area contributed by atoms with Crippen LogP contribution >= 0.6 is 11.3 Å². The number of amides is 3. The van der Waals surface area contributed by atoms with E-state index >= 15 is 0 Å². The second-order valence-corrected chi connectivity index (χ2v) is 10.1. The maximum absolute atomic E-state index is 13.5. The van der Waals surface area contributed by atoms with Crippen LogP contribution in [0.2, 0.25) is 0 Å². The van der Waals surface area contributed by atoms with E-state index in [1.54, 1.807) is 17.5 Å². The molecule has 4 rings (SSSR count). The smallest absolute Gasteiger partial charge is 0.274 e. The van der Waals surface area contributed by atoms with E-state index in [0.717, 1.165) is 16.1 Å². The maximum atomic E-state index is 13.5. The summed E-state index contributed by atoms with van der Waals surface area (Å²) < 4.78 is 19.3. The molecule has 0 bridgehead atoms. The summed E-state index contributed by atoms with van der Waals surface area (Å²) in [5.41, 5.74) is 7.54. The largest absolute Gasteiger partial charge is 0.373 e. The Hall–Kier alpha value is -3.63. The Kier molecular flexibility index (Phi) is 8.62. The van der Waals surface area contributed by atoms with Crippen LogP contribution in [0.3, 0.4) is 0 Å². The lowest BCUT2D eigenvalue weighted by atomic mass is 9.97. The molecule has 0 aliphatic carbocycles. The summed E-state index contributed by atoms with van der Waals surface area (Å²) in [5, 5.41) is 5.18. The Morgan fingerprint density at radius 1 is 1.16 bits per heavy atom. The minimum absolute atomic E-state index is 0.234. The fourth-order valence-corrected chi connectivity index (χ4v) is 4.91. The molecule has 3 N–H and O–H groups in total. The fourth-order valence-electron chi connectivity index (χ4n) is 4.32. The van der Waals surface area contributed by atoms with Crippen molar-refractivity contribution in [2.75, 3.05) is 6.54 Å². The molecule has 37 heavy (non-hydrogen) atoms. The highest BCUT2D eigenvalue weighted by molar-refractivity contribution is 7.09. The molecule has 3 aromatic rings. The van der Waals surface area contributed by atoms with Crippen molar-refractivity contribution in [3.8, 4) is 0 Å². The van der Waals surface area contributed by atoms with Gasteiger partial charge in [0.15, 0.2) is 0 Å². The van der Waals surface area contributed by atoms with Gasteiger partial charge >= 0.3 is 0 Å². The zero-order valence-electron chi connectivity index (χ0n) is 20.4. The van der Waals surface area contributed by atoms with Crippen LogP contribution < -0.4 is 11.1 Å². The molecule has 0 spiro atoms. The third-order valence-electron chi connectivity index (χ3n) is 6.30. The van der Waals surface area contributed by atoms with Gasteiger partial charge in [0.2, 0.25) is 11.8 Å². The Bertz CT molecular complexity index is 1230. The van der Waals surface area contributed by atoms with E-state index in [1.165, 1.54) is 28.4 Å². The topological polar surface area (TPSA) is 115 Å². The second-order valence-electron chi connectivity index (χ2n) is 9.00. The van der Waals surface area contributed by atoms with Crippen molar-refractivity contribution in [2.24, 2.45) is 5.73 Å². The first-order valence-electron chi connectivity index (χ1n) is 12.0. The number of piperidine rings is 1. The number of nitrogens with zero attached hydrogens (tertiary/aromatic N) is 2. The van der Waals surface area contributed by atoms with Crippen LogP contribution in [0.5, 0.6) is 0 Å². The number of thiazole rings is 1. The molecule has 0 radical (unpaired) electrons. The molecule has 0 saturated carbocycles. The van der Waals surface area contributed by atoms with Crippen molar-refractivity contribution in [2.45, 2.75) is 51.0 Å². The number of benzene rings is 2. The van der Waals surface area contributed by atoms with Gasteiger partial charge in [-0.15, -0.1) is 11.3 Å². The molecule has 1 aromatic heterocycles. The molecule has 1 aliphatic heterocycles. The first-order valence-corrected chi connectivity index (χ1v) is 12.9. The molecule has 194 valence electrons. The summed E-state index contributed by atoms with van der Waals surface area (Å²) in [6.45, 7) is 2.33. The minimum Gasteiger partial charge on any atom is -0.373 e. The highest BCUT2D eigenvalue weighted by Gasteiger charge is 2.38. The zero-order chi connectivity index (χ0) is 26.4. The summed E-state index contributed by atoms with van der Waals surface area (Å²) in [5.74, 6) is -1.82. The number of aryl methyl sites for hydroxylation is 1. The minimum atomic E-state index is -0.936. The van der Waals surface area contributed by atoms with Gasteiger partial charge in [-0.3, -0.25) is 14.4 Å². The van der Waals surface area contributed by atoms with Gasteiger partial charge in [-0.05, 0) is 36.6 Å². The first kappa shape index (κ1) is 26.4. The number of primary amides is 1. The van der Waals surface area contributed by atoms with Crippen molar-refractivity contribution < 1.29 is 23.5 Å². The van der Waals surface area contributed by atoms with E-state index in [9.17, 15) is 18.8 Å². The standard InChI is InChI=1S/C27H29FN4O4S/c1-17-30-23(16-37-17)27(35)32-12-11-21(36-15-19-7-9-20(28)10-8-19)14-24(32)26(34)31-22(25(29)33)13-18-5-3-2-4-6-18/h2-10,16,21-22,24H,11-15H2,1H3,(H2,29,33)(H,31,34)/t21-,22-,24+/m1/s1. The second kappa shape index (κ2) is 12.1. The lowest BCUT2D eigenvalue weighted by Gasteiger charge is -2.38. The summed E-state index contributed by atoms with van der Waals surface area (Å²) in [4.78, 5) is 44.7. The number of aromatic nitrogens is 1. The van der Waals surface area contributed by atoms with Crippen LogP contribution in [0.4, 0.5) is 4.39 Å². The van der Waals surface area contributed by atoms with E-state index in [-0.39, 0.29) is 49.5 Å². The normalized spacial score (nSPS) is 18.3. The molecule has 8 nitrogen and oxygen atoms in total. The average molecular weight is 525 g/mol. The van der Waals surface area contributed by atoms with Crippen molar-refractivity contribution in [1.29, 1.82) is 0 Å². The monoisotopic (exact) mass is 524 g/mol. The van der Waals surface area contributed by atoms with Gasteiger partial charge in [-0.2, -0.15) is 0 Å². The van der Waals surface area contributed by atoms with Crippen molar-refractivity contribution in [3.05, 3.63) is 87.6 Å². The fraction of sp³-hybridized carbons (Fsp3) is 0.333. The number of carbonyl (C=O) groups excluding carboxylic acids is 3. The van der Waals surface area contributed by atoms with E-state index in [2.05, 4.69) is 10.3 Å². The molecule has 10 heteroatoms. The molecule has 0 unspecified atom stereocenters. The first-order chi connectivity index (χ1) is 17.8. The molecular formula is C27H29FN4O4S. The van der Waals surface area contributed by atoms with Gasteiger partial charge in [0.05, 0.1) is 17.7 Å². The number of nitrogens with two attached hydrogens (primary N) is 1. The molecule has 1 saturated heterocycles. The Labute approximate surface area is 218 Å². The molecule has 3 atom stereocenters. The maximum Gasteiger partial charge on any atom is 0.274 e. The number of rotatable bonds is 9. The summed E-state index contributed by atoms with van der Waals surface area (Å²) in [6, 6.07) is 13.4. The molecule has 2 heterocycles. The van der Waals surface area contributed by atoms with Gasteiger partial charge in [-0.1, -0.05) is 42.5 Å². The summed E-state index contributed by atoms with van der Waals surface area (Å²) in [7, 11) is 0. The van der Waals surface area contributed by atoms with Crippen molar-refractivity contribution >= 4 is 29.1 Å². The van der Waals surface area contributed by atoms with Crippen LogP contribution in [0.1, 0.15) is 39.5 Å². The van der Waals surface area contributed by atoms with Gasteiger partial charge in [-0.25, -0.2) is 9.37 Å². The zero-order valence-corrected chi connectivity index (χ0v) is 21.2. The SMILES string of the molecule is Cc1nc(C(=O)N2CC[C@@H](OCc3ccc(F)cc3)C[C@H]2C(=O)N[C@H](Cc2ccccc2)C(N)=O)cs1. The van der Waals surface area contributed by atoms with Crippen LogP contribution in [-0.4, -0.2) is 52.3 Å². The number of halogens is 1. The van der Waals surface area contributed by atoms with Crippen LogP contribution in [-0.2, 0) is 27.4 Å². The Balaban J connectivity index is 1.49. The number of likely N-dealkylation sites (tertiary alicyclic amines) is 1. The van der Waals surface area contributed by atoms with Crippen molar-refractivity contribution in [3.63, 3.8) is 0 Å². The van der Waals surface area contributed by atoms with E-state index in [1.807, 2.05) is 37.3 Å². The Morgan fingerprint density at radius 2 is 1.89 bits per heavy atom. The van der Waals surface area contributed by atoms with Gasteiger partial charge in [0.1, 0.15) is 23.6 Å². The van der Waals surface area contributed by atoms with E-state index < -0.39 is 23.9 Å². The van der Waals surface area contributed by atoms with Gasteiger partial charge in [0, 0.05) is 24.8 Å². The average Bonchev–Trinajstić information content (AvgIpc) is 3.34. The molecule has 1 fully saturated rings. The van der Waals surface area contributed by atoms with Crippen molar-refractivity contribution in [1.82, 2.24) is 15.2 Å². The molecule has 1 aliphatic rings. The summed E-state index contributed by atoms with van der Waals surface area (Å²) >= 11 is 1.36. The summed E-state index contributed by atoms with van der Waals surface area (Å²) in [6.07, 6.45) is 0.670. The van der Waals surface area contributed by atoms with Crippen LogP contribution in [0, 0.1) is 12.7 Å². The number of ether oxygens (including phenoxy) is 1. The van der Waals surface area contributed by atoms with E-state index in [4.69, 9.17) is 10.5 Å². The molecule has 3 amide bonds. The molecule has 2 aromatic carbocycles. The van der Waals surface area contributed by atoms with E-state index in [0.29, 0.717) is 6.42 Å². The Morgan fingerprint density at radius 3 is 2.54 bits per heavy atom. The molecular weight excluding hydrogens is 495 g/mol. The van der Waals surface area contributed by atoms with Gasteiger partial charge in [0.25, 0.3) is 5.91 Å². The lowest BCUT2D eigenvalue weighted by molar-refractivity contribution is -0.133. The highest BCUT2D eigenvalue weighted by Crippen LogP contribution is 2.24.